The first kappa shape index (κ1) is 17.7. The molecule has 0 bridgehead atoms. The fraction of sp³-hybridized carbons (Fsp3) is 0.409. The highest BCUT2D eigenvalue weighted by atomic mass is 16.2. The Morgan fingerprint density at radius 3 is 2.28 bits per heavy atom. The first-order chi connectivity index (χ1) is 12.2. The Hall–Kier alpha value is -2.13. The van der Waals surface area contributed by atoms with Crippen molar-refractivity contribution in [3.63, 3.8) is 0 Å². The van der Waals surface area contributed by atoms with Gasteiger partial charge in [-0.1, -0.05) is 56.3 Å². The number of nitrogens with zero attached hydrogens (tertiary/aromatic N) is 2. The molecule has 3 nitrogen and oxygen atoms in total. The van der Waals surface area contributed by atoms with Gasteiger partial charge in [0.2, 0.25) is 0 Å². The molecule has 1 unspecified atom stereocenters. The van der Waals surface area contributed by atoms with E-state index < -0.39 is 0 Å². The lowest BCUT2D eigenvalue weighted by molar-refractivity contribution is 0.0704. The largest absolute Gasteiger partial charge is 0.334 e. The summed E-state index contributed by atoms with van der Waals surface area (Å²) in [6.07, 6.45) is 2.23. The van der Waals surface area contributed by atoms with Crippen LogP contribution in [0, 0.1) is 0 Å². The summed E-state index contributed by atoms with van der Waals surface area (Å²) in [4.78, 5) is 17.5. The monoisotopic (exact) mass is 336 g/mol. The normalized spacial score (nSPS) is 17.2. The van der Waals surface area contributed by atoms with Gasteiger partial charge in [0, 0.05) is 24.7 Å². The van der Waals surface area contributed by atoms with Crippen LogP contribution in [-0.2, 0) is 0 Å². The summed E-state index contributed by atoms with van der Waals surface area (Å²) in [6, 6.07) is 18.7. The van der Waals surface area contributed by atoms with Gasteiger partial charge in [-0.25, -0.2) is 0 Å². The van der Waals surface area contributed by atoms with E-state index in [1.807, 2.05) is 30.3 Å². The molecule has 0 saturated carbocycles. The van der Waals surface area contributed by atoms with E-state index in [-0.39, 0.29) is 5.91 Å². The van der Waals surface area contributed by atoms with Crippen molar-refractivity contribution in [2.75, 3.05) is 26.2 Å². The van der Waals surface area contributed by atoms with Gasteiger partial charge in [0.25, 0.3) is 5.91 Å². The number of hydrogen-bond acceptors (Lipinski definition) is 2. The smallest absolute Gasteiger partial charge is 0.254 e. The molecule has 0 aliphatic carbocycles. The van der Waals surface area contributed by atoms with Gasteiger partial charge < -0.3 is 9.80 Å². The van der Waals surface area contributed by atoms with Crippen LogP contribution in [0.25, 0.3) is 11.1 Å². The van der Waals surface area contributed by atoms with Crippen LogP contribution >= 0.6 is 0 Å². The summed E-state index contributed by atoms with van der Waals surface area (Å²) in [5.41, 5.74) is 3.13. The Bertz CT molecular complexity index is 677. The van der Waals surface area contributed by atoms with E-state index in [4.69, 9.17) is 0 Å². The molecule has 1 aliphatic rings. The average molecular weight is 336 g/mol. The van der Waals surface area contributed by atoms with Gasteiger partial charge in [-0.15, -0.1) is 0 Å². The highest BCUT2D eigenvalue weighted by molar-refractivity contribution is 5.95. The minimum absolute atomic E-state index is 0.175. The zero-order valence-electron chi connectivity index (χ0n) is 15.3. The van der Waals surface area contributed by atoms with E-state index in [2.05, 4.69) is 47.9 Å². The van der Waals surface area contributed by atoms with E-state index in [0.29, 0.717) is 6.04 Å². The van der Waals surface area contributed by atoms with E-state index in [9.17, 15) is 4.79 Å². The van der Waals surface area contributed by atoms with Crippen LogP contribution in [0.2, 0.25) is 0 Å². The van der Waals surface area contributed by atoms with Gasteiger partial charge in [-0.05, 0) is 49.2 Å². The average Bonchev–Trinajstić information content (AvgIpc) is 3.14. The second kappa shape index (κ2) is 8.30. The van der Waals surface area contributed by atoms with Crippen LogP contribution < -0.4 is 0 Å². The Morgan fingerprint density at radius 2 is 1.64 bits per heavy atom. The fourth-order valence-electron chi connectivity index (χ4n) is 3.67. The maximum atomic E-state index is 13.0. The third-order valence-electron chi connectivity index (χ3n) is 5.24. The predicted molar refractivity (Wildman–Crippen MR) is 104 cm³/mol. The fourth-order valence-corrected chi connectivity index (χ4v) is 3.67. The molecule has 0 spiro atoms. The summed E-state index contributed by atoms with van der Waals surface area (Å²) >= 11 is 0. The maximum absolute atomic E-state index is 13.0. The molecular formula is C22H28N2O. The number of benzene rings is 2. The maximum Gasteiger partial charge on any atom is 0.254 e. The van der Waals surface area contributed by atoms with Gasteiger partial charge >= 0.3 is 0 Å². The summed E-state index contributed by atoms with van der Waals surface area (Å²) < 4.78 is 0. The molecule has 1 saturated heterocycles. The molecule has 2 aromatic rings. The molecule has 2 aromatic carbocycles. The molecule has 3 rings (SSSR count). The lowest BCUT2D eigenvalue weighted by atomic mass is 10.0. The molecule has 0 radical (unpaired) electrons. The minimum atomic E-state index is 0.175. The van der Waals surface area contributed by atoms with Crippen LogP contribution in [0.1, 0.15) is 37.0 Å². The van der Waals surface area contributed by atoms with Crippen molar-refractivity contribution in [1.82, 2.24) is 9.80 Å². The highest BCUT2D eigenvalue weighted by Gasteiger charge is 2.30. The number of carbonyl (C=O) groups is 1. The third kappa shape index (κ3) is 4.10. The molecule has 0 N–H and O–H groups in total. The van der Waals surface area contributed by atoms with Crippen molar-refractivity contribution >= 4 is 5.91 Å². The van der Waals surface area contributed by atoms with Gasteiger partial charge in [-0.3, -0.25) is 4.79 Å². The number of carbonyl (C=O) groups excluding carboxylic acids is 1. The molecule has 1 heterocycles. The summed E-state index contributed by atoms with van der Waals surface area (Å²) in [5.74, 6) is 0.175. The summed E-state index contributed by atoms with van der Waals surface area (Å²) in [6.45, 7) is 8.33. The molecule has 132 valence electrons. The number of hydrogen-bond donors (Lipinski definition) is 0. The second-order valence-electron chi connectivity index (χ2n) is 6.72. The molecule has 3 heteroatoms. The SMILES string of the molecule is CCN(CC)CC1CCCN1C(=O)c1ccc(-c2ccccc2)cc1. The first-order valence-electron chi connectivity index (χ1n) is 9.41. The Morgan fingerprint density at radius 1 is 1.00 bits per heavy atom. The zero-order chi connectivity index (χ0) is 17.6. The number of amides is 1. The number of rotatable bonds is 6. The summed E-state index contributed by atoms with van der Waals surface area (Å²) in [5, 5.41) is 0. The van der Waals surface area contributed by atoms with Gasteiger partial charge in [-0.2, -0.15) is 0 Å². The van der Waals surface area contributed by atoms with Crippen LogP contribution in [0.5, 0.6) is 0 Å². The standard InChI is InChI=1S/C22H28N2O/c1-3-23(4-2)17-21-11-8-16-24(21)22(25)20-14-12-19(13-15-20)18-9-6-5-7-10-18/h5-7,9-10,12-15,21H,3-4,8,11,16-17H2,1-2H3. The molecule has 1 amide bonds. The highest BCUT2D eigenvalue weighted by Crippen LogP contribution is 2.23. The lowest BCUT2D eigenvalue weighted by Crippen LogP contribution is -2.43. The third-order valence-corrected chi connectivity index (χ3v) is 5.24. The van der Waals surface area contributed by atoms with Gasteiger partial charge in [0.05, 0.1) is 0 Å². The lowest BCUT2D eigenvalue weighted by Gasteiger charge is -2.29. The first-order valence-corrected chi connectivity index (χ1v) is 9.41. The molecule has 1 fully saturated rings. The van der Waals surface area contributed by atoms with Crippen LogP contribution in [0.4, 0.5) is 0 Å². The zero-order valence-corrected chi connectivity index (χ0v) is 15.3. The molecular weight excluding hydrogens is 308 g/mol. The number of likely N-dealkylation sites (N-methyl/N-ethyl adjacent to an activating group) is 1. The van der Waals surface area contributed by atoms with E-state index in [1.165, 1.54) is 5.56 Å². The van der Waals surface area contributed by atoms with Crippen LogP contribution in [-0.4, -0.2) is 47.9 Å². The number of likely N-dealkylation sites (tertiary alicyclic amines) is 1. The molecule has 1 aliphatic heterocycles. The van der Waals surface area contributed by atoms with Crippen molar-refractivity contribution in [3.05, 3.63) is 60.2 Å². The van der Waals surface area contributed by atoms with Crippen molar-refractivity contribution in [1.29, 1.82) is 0 Å². The minimum Gasteiger partial charge on any atom is -0.334 e. The quantitative estimate of drug-likeness (QED) is 0.785. The molecule has 25 heavy (non-hydrogen) atoms. The topological polar surface area (TPSA) is 23.6 Å². The summed E-state index contributed by atoms with van der Waals surface area (Å²) in [7, 11) is 0. The van der Waals surface area contributed by atoms with Crippen LogP contribution in [0.3, 0.4) is 0 Å². The Balaban J connectivity index is 1.71. The van der Waals surface area contributed by atoms with Crippen molar-refractivity contribution < 1.29 is 4.79 Å². The second-order valence-corrected chi connectivity index (χ2v) is 6.72. The van der Waals surface area contributed by atoms with Crippen molar-refractivity contribution in [2.45, 2.75) is 32.7 Å². The Kier molecular flexibility index (Phi) is 5.87. The van der Waals surface area contributed by atoms with Crippen molar-refractivity contribution in [2.24, 2.45) is 0 Å². The van der Waals surface area contributed by atoms with E-state index >= 15 is 0 Å². The van der Waals surface area contributed by atoms with Crippen LogP contribution in [0.15, 0.2) is 54.6 Å². The van der Waals surface area contributed by atoms with E-state index in [0.717, 1.165) is 50.1 Å². The van der Waals surface area contributed by atoms with E-state index in [1.54, 1.807) is 0 Å². The molecule has 1 atom stereocenters. The van der Waals surface area contributed by atoms with Gasteiger partial charge in [0.1, 0.15) is 0 Å². The van der Waals surface area contributed by atoms with Gasteiger partial charge in [0.15, 0.2) is 0 Å². The molecule has 0 aromatic heterocycles. The Labute approximate surface area is 151 Å². The predicted octanol–water partition coefficient (Wildman–Crippen LogP) is 4.30. The van der Waals surface area contributed by atoms with Crippen molar-refractivity contribution in [3.8, 4) is 11.1 Å².